The molecule has 11 heteroatoms. The van der Waals surface area contributed by atoms with Gasteiger partial charge in [-0.15, -0.1) is 0 Å². The number of sulfone groups is 2. The molecule has 40 heavy (non-hydrogen) atoms. The van der Waals surface area contributed by atoms with Crippen LogP contribution in [0.25, 0.3) is 22.2 Å². The Morgan fingerprint density at radius 3 is 2.27 bits per heavy atom. The lowest BCUT2D eigenvalue weighted by Gasteiger charge is -2.11. The van der Waals surface area contributed by atoms with Crippen molar-refractivity contribution in [3.63, 3.8) is 0 Å². The van der Waals surface area contributed by atoms with Crippen LogP contribution in [0.15, 0.2) is 107 Å². The molecule has 5 rings (SSSR count). The number of aromatic nitrogens is 3. The molecule has 3 aromatic carbocycles. The lowest BCUT2D eigenvalue weighted by molar-refractivity contribution is 0.594. The minimum atomic E-state index is -3.61. The Morgan fingerprint density at radius 2 is 1.52 bits per heavy atom. The smallest absolute Gasteiger partial charge is 0.206 e. The third-order valence-electron chi connectivity index (χ3n) is 6.20. The molecule has 2 aromatic heterocycles. The molecule has 0 amide bonds. The lowest BCUT2D eigenvalue weighted by atomic mass is 10.1. The van der Waals surface area contributed by atoms with Gasteiger partial charge in [0.2, 0.25) is 9.84 Å². The maximum Gasteiger partial charge on any atom is 0.206 e. The van der Waals surface area contributed by atoms with Crippen molar-refractivity contribution in [1.82, 2.24) is 20.3 Å². The predicted molar refractivity (Wildman–Crippen MR) is 156 cm³/mol. The largest absolute Gasteiger partial charge is 0.340 e. The minimum Gasteiger partial charge on any atom is -0.340 e. The van der Waals surface area contributed by atoms with Crippen LogP contribution in [0, 0.1) is 0 Å². The zero-order valence-electron chi connectivity index (χ0n) is 21.7. The summed E-state index contributed by atoms with van der Waals surface area (Å²) >= 11 is 0. The summed E-state index contributed by atoms with van der Waals surface area (Å²) < 4.78 is 48.5. The Bertz CT molecular complexity index is 1860. The summed E-state index contributed by atoms with van der Waals surface area (Å²) in [5, 5.41) is 7.18. The Hall–Kier alpha value is -4.19. The standard InChI is InChI=1S/C29H27N5O4S2/c1-39(35,36)15-14-30-18-21-6-5-7-22(16-21)27-17-26-28(19-31-27)32-20-33-29(26)34-23-10-12-25(13-11-23)40(37,38)24-8-3-2-4-9-24/h2-13,16-17,19-20,30H,14-15,18H2,1H3,(H,32,33,34). The first-order chi connectivity index (χ1) is 19.2. The van der Waals surface area contributed by atoms with Crippen molar-refractivity contribution in [2.45, 2.75) is 16.3 Å². The van der Waals surface area contributed by atoms with Crippen molar-refractivity contribution in [2.75, 3.05) is 23.9 Å². The number of hydrogen-bond donors (Lipinski definition) is 2. The van der Waals surface area contributed by atoms with Gasteiger partial charge < -0.3 is 10.6 Å². The van der Waals surface area contributed by atoms with E-state index >= 15 is 0 Å². The van der Waals surface area contributed by atoms with Gasteiger partial charge in [0.15, 0.2) is 0 Å². The molecule has 204 valence electrons. The third kappa shape index (κ3) is 6.50. The molecule has 0 spiro atoms. The molecule has 2 N–H and O–H groups in total. The molecular formula is C29H27N5O4S2. The van der Waals surface area contributed by atoms with E-state index in [9.17, 15) is 16.8 Å². The second-order valence-corrected chi connectivity index (χ2v) is 13.5. The quantitative estimate of drug-likeness (QED) is 0.233. The van der Waals surface area contributed by atoms with Crippen LogP contribution in [0.2, 0.25) is 0 Å². The molecule has 2 heterocycles. The highest BCUT2D eigenvalue weighted by atomic mass is 32.2. The summed E-state index contributed by atoms with van der Waals surface area (Å²) in [7, 11) is -6.62. The van der Waals surface area contributed by atoms with Gasteiger partial charge in [-0.3, -0.25) is 4.98 Å². The summed E-state index contributed by atoms with van der Waals surface area (Å²) in [5.74, 6) is 0.645. The van der Waals surface area contributed by atoms with Crippen LogP contribution < -0.4 is 10.6 Å². The highest BCUT2D eigenvalue weighted by Gasteiger charge is 2.17. The molecule has 0 aliphatic carbocycles. The first kappa shape index (κ1) is 27.4. The summed E-state index contributed by atoms with van der Waals surface area (Å²) in [5.41, 5.74) is 3.96. The number of hydrogen-bond acceptors (Lipinski definition) is 9. The number of fused-ring (bicyclic) bond motifs is 1. The molecule has 0 aliphatic heterocycles. The van der Waals surface area contributed by atoms with Gasteiger partial charge in [0.1, 0.15) is 22.0 Å². The number of anilines is 2. The van der Waals surface area contributed by atoms with Crippen LogP contribution in [0.4, 0.5) is 11.5 Å². The zero-order chi connectivity index (χ0) is 28.2. The van der Waals surface area contributed by atoms with Gasteiger partial charge >= 0.3 is 0 Å². The zero-order valence-corrected chi connectivity index (χ0v) is 23.3. The van der Waals surface area contributed by atoms with Gasteiger partial charge in [0.05, 0.1) is 33.0 Å². The van der Waals surface area contributed by atoms with E-state index in [2.05, 4.69) is 25.6 Å². The number of benzene rings is 3. The fourth-order valence-electron chi connectivity index (χ4n) is 4.14. The number of nitrogens with zero attached hydrogens (tertiary/aromatic N) is 3. The fraction of sp³-hybridized carbons (Fsp3) is 0.138. The van der Waals surface area contributed by atoms with E-state index in [0.717, 1.165) is 22.2 Å². The molecule has 0 fully saturated rings. The van der Waals surface area contributed by atoms with Crippen LogP contribution >= 0.6 is 0 Å². The average molecular weight is 574 g/mol. The Labute approximate surface area is 233 Å². The maximum atomic E-state index is 12.9. The minimum absolute atomic E-state index is 0.0836. The number of nitrogens with one attached hydrogen (secondary N) is 2. The van der Waals surface area contributed by atoms with Crippen LogP contribution in [0.3, 0.4) is 0 Å². The summed E-state index contributed by atoms with van der Waals surface area (Å²) in [6.07, 6.45) is 4.35. The Kier molecular flexibility index (Phi) is 7.88. The van der Waals surface area contributed by atoms with E-state index in [1.165, 1.54) is 12.6 Å². The predicted octanol–water partition coefficient (Wildman–Crippen LogP) is 4.40. The molecule has 0 unspecified atom stereocenters. The van der Waals surface area contributed by atoms with Gasteiger partial charge in [-0.05, 0) is 54.1 Å². The molecule has 0 radical (unpaired) electrons. The first-order valence-corrected chi connectivity index (χ1v) is 16.0. The maximum absolute atomic E-state index is 12.9. The van der Waals surface area contributed by atoms with Crippen molar-refractivity contribution in [1.29, 1.82) is 0 Å². The van der Waals surface area contributed by atoms with Gasteiger partial charge in [-0.2, -0.15) is 0 Å². The monoisotopic (exact) mass is 573 g/mol. The average Bonchev–Trinajstić information content (AvgIpc) is 2.96. The van der Waals surface area contributed by atoms with Crippen molar-refractivity contribution in [3.8, 4) is 11.3 Å². The van der Waals surface area contributed by atoms with Crippen LogP contribution in [0.5, 0.6) is 0 Å². The molecule has 9 nitrogen and oxygen atoms in total. The molecule has 0 atom stereocenters. The second kappa shape index (κ2) is 11.5. The lowest BCUT2D eigenvalue weighted by Crippen LogP contribution is -2.21. The molecule has 0 bridgehead atoms. The van der Waals surface area contributed by atoms with E-state index in [4.69, 9.17) is 0 Å². The van der Waals surface area contributed by atoms with Gasteiger partial charge in [-0.25, -0.2) is 26.8 Å². The highest BCUT2D eigenvalue weighted by molar-refractivity contribution is 7.91. The van der Waals surface area contributed by atoms with E-state index in [-0.39, 0.29) is 15.5 Å². The van der Waals surface area contributed by atoms with E-state index in [1.54, 1.807) is 60.8 Å². The first-order valence-electron chi connectivity index (χ1n) is 12.4. The van der Waals surface area contributed by atoms with Gasteiger partial charge in [0.25, 0.3) is 0 Å². The van der Waals surface area contributed by atoms with Crippen molar-refractivity contribution >= 4 is 42.1 Å². The van der Waals surface area contributed by atoms with Crippen molar-refractivity contribution in [3.05, 3.63) is 103 Å². The van der Waals surface area contributed by atoms with Crippen molar-refractivity contribution < 1.29 is 16.8 Å². The molecule has 0 saturated heterocycles. The van der Waals surface area contributed by atoms with Gasteiger partial charge in [-0.1, -0.05) is 36.4 Å². The SMILES string of the molecule is CS(=O)(=O)CCNCc1cccc(-c2cc3c(Nc4ccc(S(=O)(=O)c5ccccc5)cc4)ncnc3cn2)c1. The summed E-state index contributed by atoms with van der Waals surface area (Å²) in [6.45, 7) is 0.908. The van der Waals surface area contributed by atoms with Crippen LogP contribution in [-0.2, 0) is 26.2 Å². The molecule has 0 aliphatic rings. The van der Waals surface area contributed by atoms with Gasteiger partial charge in [0, 0.05) is 36.0 Å². The summed E-state index contributed by atoms with van der Waals surface area (Å²) in [4.78, 5) is 13.8. The molecule has 5 aromatic rings. The summed E-state index contributed by atoms with van der Waals surface area (Å²) in [6, 6.07) is 24.6. The molecule has 0 saturated carbocycles. The Morgan fingerprint density at radius 1 is 0.775 bits per heavy atom. The van der Waals surface area contributed by atoms with E-state index in [1.807, 2.05) is 30.3 Å². The van der Waals surface area contributed by atoms with Crippen LogP contribution in [-0.4, -0.2) is 50.3 Å². The number of pyridine rings is 1. The van der Waals surface area contributed by atoms with Crippen molar-refractivity contribution in [2.24, 2.45) is 0 Å². The Balaban J connectivity index is 1.36. The normalized spacial score (nSPS) is 11.9. The van der Waals surface area contributed by atoms with E-state index < -0.39 is 19.7 Å². The highest BCUT2D eigenvalue weighted by Crippen LogP contribution is 2.28. The van der Waals surface area contributed by atoms with E-state index in [0.29, 0.717) is 30.1 Å². The fourth-order valence-corrected chi connectivity index (χ4v) is 5.93. The third-order valence-corrected chi connectivity index (χ3v) is 8.94. The molecular weight excluding hydrogens is 546 g/mol. The number of rotatable bonds is 10. The second-order valence-electron chi connectivity index (χ2n) is 9.28. The topological polar surface area (TPSA) is 131 Å². The van der Waals surface area contributed by atoms with Crippen LogP contribution in [0.1, 0.15) is 5.56 Å².